The van der Waals surface area contributed by atoms with Crippen LogP contribution in [0.5, 0.6) is 5.75 Å². The molecule has 2 rings (SSSR count). The third-order valence-corrected chi connectivity index (χ3v) is 5.70. The molecule has 1 aliphatic heterocycles. The van der Waals surface area contributed by atoms with Crippen LogP contribution in [0.3, 0.4) is 0 Å². The van der Waals surface area contributed by atoms with E-state index in [0.717, 1.165) is 0 Å². The van der Waals surface area contributed by atoms with Gasteiger partial charge in [0.25, 0.3) is 5.91 Å². The number of ether oxygens (including phenoxy) is 1. The Morgan fingerprint density at radius 2 is 2.05 bits per heavy atom. The number of carbonyl (C=O) groups excluding carboxylic acids is 1. The van der Waals surface area contributed by atoms with Crippen molar-refractivity contribution in [3.63, 3.8) is 0 Å². The fraction of sp³-hybridized carbons (Fsp3) is 0.500. The Kier molecular flexibility index (Phi) is 4.13. The molecule has 7 heteroatoms. The molecule has 0 spiro atoms. The molecule has 2 N–H and O–H groups in total. The van der Waals surface area contributed by atoms with Gasteiger partial charge in [0, 0.05) is 18.3 Å². The molecule has 6 nitrogen and oxygen atoms in total. The topological polar surface area (TPSA) is 89.7 Å². The minimum atomic E-state index is -3.21. The Labute approximate surface area is 124 Å². The van der Waals surface area contributed by atoms with Gasteiger partial charge < -0.3 is 15.4 Å². The molecule has 0 bridgehead atoms. The number of amides is 1. The summed E-state index contributed by atoms with van der Waals surface area (Å²) in [6, 6.07) is 4.98. The van der Waals surface area contributed by atoms with Gasteiger partial charge in [-0.05, 0) is 32.9 Å². The Balaban J connectivity index is 2.29. The molecule has 1 atom stereocenters. The van der Waals surface area contributed by atoms with E-state index >= 15 is 0 Å². The van der Waals surface area contributed by atoms with E-state index in [1.807, 2.05) is 0 Å². The lowest BCUT2D eigenvalue weighted by molar-refractivity contribution is -0.125. The number of nitrogen functional groups attached to an aromatic ring is 1. The Hall–Kier alpha value is -1.76. The minimum Gasteiger partial charge on any atom is -0.479 e. The van der Waals surface area contributed by atoms with Crippen molar-refractivity contribution in [2.24, 2.45) is 0 Å². The minimum absolute atomic E-state index is 0.0764. The maximum atomic E-state index is 12.2. The molecule has 0 saturated heterocycles. The summed E-state index contributed by atoms with van der Waals surface area (Å²) < 4.78 is 29.4. The van der Waals surface area contributed by atoms with Gasteiger partial charge in [0.05, 0.1) is 16.7 Å². The second-order valence-corrected chi connectivity index (χ2v) is 8.07. The summed E-state index contributed by atoms with van der Waals surface area (Å²) in [4.78, 5) is 13.7. The van der Waals surface area contributed by atoms with E-state index in [9.17, 15) is 13.2 Å². The van der Waals surface area contributed by atoms with Gasteiger partial charge in [0.1, 0.15) is 5.75 Å². The van der Waals surface area contributed by atoms with E-state index in [1.54, 1.807) is 39.0 Å². The van der Waals surface area contributed by atoms with Gasteiger partial charge in [0.15, 0.2) is 15.9 Å². The predicted molar refractivity (Wildman–Crippen MR) is 82.2 cm³/mol. The number of nitrogens with zero attached hydrogens (tertiary/aromatic N) is 1. The molecule has 116 valence electrons. The summed E-state index contributed by atoms with van der Waals surface area (Å²) >= 11 is 0. The lowest BCUT2D eigenvalue weighted by Gasteiger charge is -2.33. The van der Waals surface area contributed by atoms with Gasteiger partial charge >= 0.3 is 0 Å². The van der Waals surface area contributed by atoms with Crippen LogP contribution >= 0.6 is 0 Å². The van der Waals surface area contributed by atoms with Crippen molar-refractivity contribution < 1.29 is 17.9 Å². The Morgan fingerprint density at radius 1 is 1.38 bits per heavy atom. The quantitative estimate of drug-likeness (QED) is 0.844. The number of anilines is 2. The van der Waals surface area contributed by atoms with Gasteiger partial charge in [-0.3, -0.25) is 4.79 Å². The molecule has 1 aliphatic rings. The maximum Gasteiger partial charge on any atom is 0.267 e. The molecule has 21 heavy (non-hydrogen) atoms. The second kappa shape index (κ2) is 5.55. The molecule has 0 aromatic heterocycles. The second-order valence-electron chi connectivity index (χ2n) is 5.39. The Morgan fingerprint density at radius 3 is 2.67 bits per heavy atom. The van der Waals surface area contributed by atoms with Gasteiger partial charge in [-0.2, -0.15) is 0 Å². The van der Waals surface area contributed by atoms with Crippen molar-refractivity contribution in [1.29, 1.82) is 0 Å². The molecule has 1 unspecified atom stereocenters. The SMILES string of the molecule is CC1Oc2cc(N)ccc2N(CCS(=O)(=O)C(C)C)C1=O. The van der Waals surface area contributed by atoms with Crippen molar-refractivity contribution in [2.75, 3.05) is 22.9 Å². The zero-order chi connectivity index (χ0) is 15.8. The van der Waals surface area contributed by atoms with Crippen LogP contribution in [0.25, 0.3) is 0 Å². The summed E-state index contributed by atoms with van der Waals surface area (Å²) in [7, 11) is -3.21. The van der Waals surface area contributed by atoms with Crippen LogP contribution in [0, 0.1) is 0 Å². The number of carbonyl (C=O) groups is 1. The normalized spacial score (nSPS) is 18.6. The van der Waals surface area contributed by atoms with Crippen molar-refractivity contribution in [3.05, 3.63) is 18.2 Å². The standard InChI is InChI=1S/C14H20N2O4S/c1-9(2)21(18,19)7-6-16-12-5-4-11(15)8-13(12)20-10(3)14(16)17/h4-5,8-10H,6-7,15H2,1-3H3. The number of hydrogen-bond acceptors (Lipinski definition) is 5. The molecule has 1 amide bonds. The molecule has 1 heterocycles. The van der Waals surface area contributed by atoms with Crippen molar-refractivity contribution >= 4 is 27.1 Å². The number of nitrogens with two attached hydrogens (primary N) is 1. The van der Waals surface area contributed by atoms with E-state index in [1.165, 1.54) is 4.90 Å². The fourth-order valence-corrected chi connectivity index (χ4v) is 3.02. The van der Waals surface area contributed by atoms with Crippen LogP contribution in [-0.2, 0) is 14.6 Å². The van der Waals surface area contributed by atoms with Crippen LogP contribution in [0.2, 0.25) is 0 Å². The number of hydrogen-bond donors (Lipinski definition) is 1. The average molecular weight is 312 g/mol. The molecular weight excluding hydrogens is 292 g/mol. The predicted octanol–water partition coefficient (Wildman–Crippen LogP) is 1.21. The van der Waals surface area contributed by atoms with E-state index in [0.29, 0.717) is 17.1 Å². The highest BCUT2D eigenvalue weighted by Crippen LogP contribution is 2.35. The van der Waals surface area contributed by atoms with Gasteiger partial charge in [-0.15, -0.1) is 0 Å². The first-order valence-corrected chi connectivity index (χ1v) is 8.53. The largest absolute Gasteiger partial charge is 0.479 e. The van der Waals surface area contributed by atoms with Gasteiger partial charge in [0.2, 0.25) is 0 Å². The highest BCUT2D eigenvalue weighted by Gasteiger charge is 2.32. The molecule has 1 aromatic rings. The molecule has 0 fully saturated rings. The van der Waals surface area contributed by atoms with Crippen LogP contribution < -0.4 is 15.4 Å². The highest BCUT2D eigenvalue weighted by molar-refractivity contribution is 7.92. The first-order valence-electron chi connectivity index (χ1n) is 6.81. The van der Waals surface area contributed by atoms with Gasteiger partial charge in [-0.1, -0.05) is 0 Å². The summed E-state index contributed by atoms with van der Waals surface area (Å²) in [5, 5.41) is -0.461. The summed E-state index contributed by atoms with van der Waals surface area (Å²) in [5.41, 5.74) is 6.80. The summed E-state index contributed by atoms with van der Waals surface area (Å²) in [6.45, 7) is 5.02. The lowest BCUT2D eigenvalue weighted by Crippen LogP contribution is -2.46. The first kappa shape index (κ1) is 15.6. The summed E-state index contributed by atoms with van der Waals surface area (Å²) in [5.74, 6) is 0.183. The number of sulfone groups is 1. The van der Waals surface area contributed by atoms with E-state index in [-0.39, 0.29) is 18.2 Å². The van der Waals surface area contributed by atoms with E-state index in [2.05, 4.69) is 0 Å². The van der Waals surface area contributed by atoms with E-state index < -0.39 is 21.2 Å². The monoisotopic (exact) mass is 312 g/mol. The molecule has 0 radical (unpaired) electrons. The fourth-order valence-electron chi connectivity index (χ4n) is 2.11. The smallest absolute Gasteiger partial charge is 0.267 e. The Bertz CT molecular complexity index is 655. The van der Waals surface area contributed by atoms with Crippen LogP contribution in [-0.4, -0.2) is 38.0 Å². The maximum absolute atomic E-state index is 12.2. The van der Waals surface area contributed by atoms with Crippen LogP contribution in [0.4, 0.5) is 11.4 Å². The van der Waals surface area contributed by atoms with Gasteiger partial charge in [-0.25, -0.2) is 8.42 Å². The number of fused-ring (bicyclic) bond motifs is 1. The van der Waals surface area contributed by atoms with Crippen LogP contribution in [0.1, 0.15) is 20.8 Å². The van der Waals surface area contributed by atoms with Crippen LogP contribution in [0.15, 0.2) is 18.2 Å². The van der Waals surface area contributed by atoms with Crippen molar-refractivity contribution in [1.82, 2.24) is 0 Å². The molecule has 0 saturated carbocycles. The first-order chi connectivity index (χ1) is 9.72. The van der Waals surface area contributed by atoms with Crippen molar-refractivity contribution in [2.45, 2.75) is 32.1 Å². The molecular formula is C14H20N2O4S. The average Bonchev–Trinajstić information content (AvgIpc) is 2.39. The number of rotatable bonds is 4. The highest BCUT2D eigenvalue weighted by atomic mass is 32.2. The van der Waals surface area contributed by atoms with E-state index in [4.69, 9.17) is 10.5 Å². The third-order valence-electron chi connectivity index (χ3n) is 3.51. The molecule has 1 aromatic carbocycles. The zero-order valence-electron chi connectivity index (χ0n) is 12.4. The number of benzene rings is 1. The summed E-state index contributed by atoms with van der Waals surface area (Å²) in [6.07, 6.45) is -0.652. The zero-order valence-corrected chi connectivity index (χ0v) is 13.2. The lowest BCUT2D eigenvalue weighted by atomic mass is 10.1. The third kappa shape index (κ3) is 3.12. The van der Waals surface area contributed by atoms with Crippen molar-refractivity contribution in [3.8, 4) is 5.75 Å². The molecule has 0 aliphatic carbocycles.